The van der Waals surface area contributed by atoms with Crippen LogP contribution in [0.3, 0.4) is 0 Å². The summed E-state index contributed by atoms with van der Waals surface area (Å²) in [7, 11) is 0. The van der Waals surface area contributed by atoms with Crippen LogP contribution in [0.5, 0.6) is 0 Å². The summed E-state index contributed by atoms with van der Waals surface area (Å²) in [6.45, 7) is 1.35. The molecule has 3 N–H and O–H groups in total. The van der Waals surface area contributed by atoms with Gasteiger partial charge in [-0.25, -0.2) is 4.79 Å². The SMILES string of the molecule is C[C@H](O)[C@H](O)[C@H]1OC(=O)[C@H]1O. The molecule has 1 fully saturated rings. The number of hydrogen-bond donors (Lipinski definition) is 3. The van der Waals surface area contributed by atoms with Gasteiger partial charge in [-0.05, 0) is 6.92 Å². The lowest BCUT2D eigenvalue weighted by molar-refractivity contribution is -0.219. The monoisotopic (exact) mass is 162 g/mol. The van der Waals surface area contributed by atoms with Gasteiger partial charge < -0.3 is 20.1 Å². The van der Waals surface area contributed by atoms with Gasteiger partial charge in [-0.3, -0.25) is 0 Å². The van der Waals surface area contributed by atoms with E-state index in [1.807, 2.05) is 0 Å². The number of cyclic esters (lactones) is 1. The fraction of sp³-hybridized carbons (Fsp3) is 0.833. The van der Waals surface area contributed by atoms with Gasteiger partial charge in [-0.1, -0.05) is 0 Å². The maximum atomic E-state index is 10.3. The van der Waals surface area contributed by atoms with E-state index in [4.69, 9.17) is 15.3 Å². The summed E-state index contributed by atoms with van der Waals surface area (Å²) in [4.78, 5) is 10.3. The molecule has 1 aliphatic rings. The molecule has 0 amide bonds. The molecule has 1 aliphatic heterocycles. The maximum Gasteiger partial charge on any atom is 0.339 e. The van der Waals surface area contributed by atoms with Crippen LogP contribution in [-0.2, 0) is 9.53 Å². The van der Waals surface area contributed by atoms with Gasteiger partial charge in [0.2, 0.25) is 0 Å². The molecule has 11 heavy (non-hydrogen) atoms. The van der Waals surface area contributed by atoms with E-state index < -0.39 is 30.4 Å². The number of esters is 1. The number of aliphatic hydroxyl groups excluding tert-OH is 3. The Kier molecular flexibility index (Phi) is 2.12. The van der Waals surface area contributed by atoms with E-state index in [1.165, 1.54) is 6.92 Å². The molecule has 1 saturated heterocycles. The average molecular weight is 162 g/mol. The molecule has 1 rings (SSSR count). The van der Waals surface area contributed by atoms with Crippen LogP contribution < -0.4 is 0 Å². The van der Waals surface area contributed by atoms with Crippen LogP contribution in [0.1, 0.15) is 6.92 Å². The first kappa shape index (κ1) is 8.45. The lowest BCUT2D eigenvalue weighted by Crippen LogP contribution is -2.58. The molecular weight excluding hydrogens is 152 g/mol. The predicted octanol–water partition coefficient (Wildman–Crippen LogP) is -1.99. The fourth-order valence-electron chi connectivity index (χ4n) is 0.861. The lowest BCUT2D eigenvalue weighted by Gasteiger charge is -2.35. The number of rotatable bonds is 2. The highest BCUT2D eigenvalue weighted by atomic mass is 16.6. The molecule has 0 spiro atoms. The third kappa shape index (κ3) is 1.35. The summed E-state index contributed by atoms with van der Waals surface area (Å²) in [5.74, 6) is -0.755. The van der Waals surface area contributed by atoms with E-state index in [1.54, 1.807) is 0 Å². The number of hydrogen-bond acceptors (Lipinski definition) is 5. The van der Waals surface area contributed by atoms with Crippen LogP contribution in [0.4, 0.5) is 0 Å². The second-order valence-electron chi connectivity index (χ2n) is 2.58. The standard InChI is InChI=1S/C6H10O5/c1-2(7)3(8)5-4(9)6(10)11-5/h2-5,7-9H,1H3/t2-,3-,4-,5+/m0/s1. The predicted molar refractivity (Wildman–Crippen MR) is 33.6 cm³/mol. The molecular formula is C6H10O5. The Morgan fingerprint density at radius 2 is 2.09 bits per heavy atom. The van der Waals surface area contributed by atoms with E-state index in [9.17, 15) is 4.79 Å². The van der Waals surface area contributed by atoms with E-state index in [-0.39, 0.29) is 0 Å². The Morgan fingerprint density at radius 3 is 2.36 bits per heavy atom. The molecule has 4 atom stereocenters. The molecule has 0 unspecified atom stereocenters. The first-order valence-corrected chi connectivity index (χ1v) is 3.28. The molecule has 5 nitrogen and oxygen atoms in total. The van der Waals surface area contributed by atoms with Crippen LogP contribution in [0.25, 0.3) is 0 Å². The summed E-state index contributed by atoms with van der Waals surface area (Å²) < 4.78 is 4.38. The zero-order valence-electron chi connectivity index (χ0n) is 5.97. The Labute approximate surface area is 63.2 Å². The van der Waals surface area contributed by atoms with Crippen molar-refractivity contribution in [2.45, 2.75) is 31.3 Å². The molecule has 0 aromatic heterocycles. The second-order valence-corrected chi connectivity index (χ2v) is 2.58. The minimum absolute atomic E-state index is 0.755. The number of ether oxygens (including phenoxy) is 1. The smallest absolute Gasteiger partial charge is 0.339 e. The Bertz CT molecular complexity index is 166. The summed E-state index contributed by atoms with van der Waals surface area (Å²) in [5.41, 5.74) is 0. The minimum Gasteiger partial charge on any atom is -0.454 e. The normalized spacial score (nSPS) is 35.5. The first-order chi connectivity index (χ1) is 5.04. The van der Waals surface area contributed by atoms with E-state index in [2.05, 4.69) is 4.74 Å². The summed E-state index contributed by atoms with van der Waals surface area (Å²) in [6, 6.07) is 0. The number of carbonyl (C=O) groups is 1. The van der Waals surface area contributed by atoms with E-state index in [0.717, 1.165) is 0 Å². The average Bonchev–Trinajstić information content (AvgIpc) is 1.98. The van der Waals surface area contributed by atoms with Gasteiger partial charge in [0, 0.05) is 0 Å². The second kappa shape index (κ2) is 2.77. The van der Waals surface area contributed by atoms with Crippen molar-refractivity contribution >= 4 is 5.97 Å². The molecule has 0 aromatic rings. The van der Waals surface area contributed by atoms with Crippen molar-refractivity contribution in [3.8, 4) is 0 Å². The molecule has 0 aliphatic carbocycles. The van der Waals surface area contributed by atoms with Crippen molar-refractivity contribution in [2.24, 2.45) is 0 Å². The third-order valence-electron chi connectivity index (χ3n) is 1.64. The van der Waals surface area contributed by atoms with Gasteiger partial charge in [0.15, 0.2) is 12.2 Å². The Morgan fingerprint density at radius 1 is 1.55 bits per heavy atom. The van der Waals surface area contributed by atoms with Crippen LogP contribution in [0, 0.1) is 0 Å². The van der Waals surface area contributed by atoms with Crippen molar-refractivity contribution in [1.29, 1.82) is 0 Å². The molecule has 0 radical (unpaired) electrons. The molecule has 0 aromatic carbocycles. The highest BCUT2D eigenvalue weighted by molar-refractivity contribution is 5.80. The van der Waals surface area contributed by atoms with Crippen molar-refractivity contribution in [3.05, 3.63) is 0 Å². The Hall–Kier alpha value is -0.650. The quantitative estimate of drug-likeness (QED) is 0.409. The molecule has 0 bridgehead atoms. The highest BCUT2D eigenvalue weighted by Gasteiger charge is 2.46. The van der Waals surface area contributed by atoms with Crippen molar-refractivity contribution < 1.29 is 24.9 Å². The van der Waals surface area contributed by atoms with Gasteiger partial charge in [0.05, 0.1) is 6.10 Å². The number of aliphatic hydroxyl groups is 3. The summed E-state index contributed by atoms with van der Waals surface area (Å²) in [5, 5.41) is 26.7. The topological polar surface area (TPSA) is 87.0 Å². The van der Waals surface area contributed by atoms with Gasteiger partial charge in [0.25, 0.3) is 0 Å². The van der Waals surface area contributed by atoms with Gasteiger partial charge in [-0.2, -0.15) is 0 Å². The van der Waals surface area contributed by atoms with Gasteiger partial charge >= 0.3 is 5.97 Å². The zero-order valence-corrected chi connectivity index (χ0v) is 5.97. The van der Waals surface area contributed by atoms with Crippen LogP contribution in [0.15, 0.2) is 0 Å². The van der Waals surface area contributed by atoms with E-state index in [0.29, 0.717) is 0 Å². The third-order valence-corrected chi connectivity index (χ3v) is 1.64. The fourth-order valence-corrected chi connectivity index (χ4v) is 0.861. The number of carbonyl (C=O) groups excluding carboxylic acids is 1. The molecule has 0 saturated carbocycles. The highest BCUT2D eigenvalue weighted by Crippen LogP contribution is 2.19. The lowest BCUT2D eigenvalue weighted by atomic mass is 10.00. The molecule has 64 valence electrons. The zero-order chi connectivity index (χ0) is 8.59. The maximum absolute atomic E-state index is 10.3. The van der Waals surface area contributed by atoms with Crippen molar-refractivity contribution in [2.75, 3.05) is 0 Å². The Balaban J connectivity index is 2.45. The van der Waals surface area contributed by atoms with Crippen LogP contribution >= 0.6 is 0 Å². The minimum atomic E-state index is -1.29. The van der Waals surface area contributed by atoms with Gasteiger partial charge in [-0.15, -0.1) is 0 Å². The van der Waals surface area contributed by atoms with Gasteiger partial charge in [0.1, 0.15) is 6.10 Å². The largest absolute Gasteiger partial charge is 0.454 e. The van der Waals surface area contributed by atoms with Crippen molar-refractivity contribution in [1.82, 2.24) is 0 Å². The molecule has 1 heterocycles. The summed E-state index contributed by atoms with van der Waals surface area (Å²) in [6.07, 6.45) is -4.48. The first-order valence-electron chi connectivity index (χ1n) is 3.28. The van der Waals surface area contributed by atoms with Crippen LogP contribution in [0.2, 0.25) is 0 Å². The van der Waals surface area contributed by atoms with Crippen LogP contribution in [-0.4, -0.2) is 45.7 Å². The summed E-state index contributed by atoms with van der Waals surface area (Å²) >= 11 is 0. The van der Waals surface area contributed by atoms with E-state index >= 15 is 0 Å². The molecule has 5 heteroatoms. The van der Waals surface area contributed by atoms with Crippen molar-refractivity contribution in [3.63, 3.8) is 0 Å².